The number of alkyl halides is 1. The Morgan fingerprint density at radius 3 is 2.57 bits per heavy atom. The Labute approximate surface area is 80.8 Å². The van der Waals surface area contributed by atoms with E-state index in [4.69, 9.17) is 5.11 Å². The van der Waals surface area contributed by atoms with Crippen LogP contribution in [0.1, 0.15) is 24.2 Å². The lowest BCUT2D eigenvalue weighted by Crippen LogP contribution is -2.23. The molecule has 0 radical (unpaired) electrons. The Morgan fingerprint density at radius 2 is 2.07 bits per heavy atom. The lowest BCUT2D eigenvalue weighted by atomic mass is 10.0. The normalized spacial score (nSPS) is 14.8. The molecule has 1 N–H and O–H groups in total. The van der Waals surface area contributed by atoms with Gasteiger partial charge in [0.2, 0.25) is 6.17 Å². The van der Waals surface area contributed by atoms with Crippen molar-refractivity contribution in [1.82, 2.24) is 9.97 Å². The van der Waals surface area contributed by atoms with Crippen molar-refractivity contribution in [1.29, 1.82) is 0 Å². The fourth-order valence-corrected chi connectivity index (χ4v) is 1.22. The molecule has 1 rings (SSSR count). The molecule has 0 aliphatic heterocycles. The summed E-state index contributed by atoms with van der Waals surface area (Å²) in [6, 6.07) is 0. The Bertz CT molecular complexity index is 343. The summed E-state index contributed by atoms with van der Waals surface area (Å²) < 4.78 is 13.1. The average Bonchev–Trinajstić information content (AvgIpc) is 2.16. The van der Waals surface area contributed by atoms with Crippen molar-refractivity contribution in [3.8, 4) is 0 Å². The highest BCUT2D eigenvalue weighted by Crippen LogP contribution is 2.21. The molecular formula is C9H11FN2O2. The molecule has 2 atom stereocenters. The van der Waals surface area contributed by atoms with Gasteiger partial charge in [-0.05, 0) is 6.92 Å². The summed E-state index contributed by atoms with van der Waals surface area (Å²) in [7, 11) is 0. The first-order valence-electron chi connectivity index (χ1n) is 4.18. The first-order valence-corrected chi connectivity index (χ1v) is 4.18. The number of carbonyl (C=O) groups is 1. The molecule has 0 aliphatic carbocycles. The maximum atomic E-state index is 13.1. The minimum atomic E-state index is -1.94. The Hall–Kier alpha value is -1.52. The summed E-state index contributed by atoms with van der Waals surface area (Å²) in [4.78, 5) is 18.2. The van der Waals surface area contributed by atoms with Crippen molar-refractivity contribution in [3.63, 3.8) is 0 Å². The predicted octanol–water partition coefficient (Wildman–Crippen LogP) is 1.31. The molecule has 1 heterocycles. The fraction of sp³-hybridized carbons (Fsp3) is 0.444. The van der Waals surface area contributed by atoms with E-state index in [-0.39, 0.29) is 0 Å². The topological polar surface area (TPSA) is 63.1 Å². The molecular weight excluding hydrogens is 187 g/mol. The van der Waals surface area contributed by atoms with Crippen molar-refractivity contribution >= 4 is 5.97 Å². The molecule has 0 bridgehead atoms. The maximum absolute atomic E-state index is 13.1. The number of aryl methyl sites for hydroxylation is 1. The number of carboxylic acid groups (broad SMARTS) is 1. The lowest BCUT2D eigenvalue weighted by molar-refractivity contribution is -0.143. The highest BCUT2D eigenvalue weighted by Gasteiger charge is 2.27. The number of nitrogens with zero attached hydrogens (tertiary/aromatic N) is 2. The third-order valence-electron chi connectivity index (χ3n) is 2.03. The Kier molecular flexibility index (Phi) is 3.11. The first-order chi connectivity index (χ1) is 6.54. The second-order valence-corrected chi connectivity index (χ2v) is 3.06. The fourth-order valence-electron chi connectivity index (χ4n) is 1.22. The van der Waals surface area contributed by atoms with Gasteiger partial charge < -0.3 is 5.11 Å². The average molecular weight is 198 g/mol. The van der Waals surface area contributed by atoms with Crippen molar-refractivity contribution in [2.75, 3.05) is 0 Å². The molecule has 5 heteroatoms. The van der Waals surface area contributed by atoms with Crippen molar-refractivity contribution in [2.45, 2.75) is 25.9 Å². The van der Waals surface area contributed by atoms with Crippen LogP contribution < -0.4 is 0 Å². The number of hydrogen-bond acceptors (Lipinski definition) is 3. The molecule has 1 aromatic heterocycles. The van der Waals surface area contributed by atoms with Gasteiger partial charge in [-0.25, -0.2) is 9.18 Å². The van der Waals surface area contributed by atoms with Crippen LogP contribution in [0.5, 0.6) is 0 Å². The molecule has 0 amide bonds. The van der Waals surface area contributed by atoms with Gasteiger partial charge in [-0.2, -0.15) is 0 Å². The molecule has 0 saturated heterocycles. The van der Waals surface area contributed by atoms with E-state index in [9.17, 15) is 9.18 Å². The number of aromatic nitrogens is 2. The van der Waals surface area contributed by atoms with Crippen LogP contribution in [0, 0.1) is 6.92 Å². The molecule has 0 spiro atoms. The summed E-state index contributed by atoms with van der Waals surface area (Å²) in [5, 5.41) is 8.48. The van der Waals surface area contributed by atoms with Gasteiger partial charge in [0.25, 0.3) is 0 Å². The van der Waals surface area contributed by atoms with Gasteiger partial charge in [0, 0.05) is 18.3 Å². The molecule has 0 fully saturated rings. The van der Waals surface area contributed by atoms with Crippen LogP contribution in [-0.4, -0.2) is 27.2 Å². The van der Waals surface area contributed by atoms with Crippen LogP contribution in [0.15, 0.2) is 12.4 Å². The monoisotopic (exact) mass is 198 g/mol. The number of aliphatic carboxylic acids is 1. The molecule has 0 saturated carbocycles. The molecule has 4 nitrogen and oxygen atoms in total. The van der Waals surface area contributed by atoms with Crippen molar-refractivity contribution in [3.05, 3.63) is 23.8 Å². The standard InChI is InChI=1S/C9H11FN2O2/c1-5(7(10)9(13)14)8-6(2)11-3-4-12-8/h3-5,7H,1-2H3,(H,13,14). The highest BCUT2D eigenvalue weighted by molar-refractivity contribution is 5.73. The molecule has 76 valence electrons. The summed E-state index contributed by atoms with van der Waals surface area (Å²) in [6.45, 7) is 3.16. The maximum Gasteiger partial charge on any atom is 0.338 e. The zero-order valence-corrected chi connectivity index (χ0v) is 7.94. The van der Waals surface area contributed by atoms with Crippen LogP contribution in [0.2, 0.25) is 0 Å². The quantitative estimate of drug-likeness (QED) is 0.795. The smallest absolute Gasteiger partial charge is 0.338 e. The van der Waals surface area contributed by atoms with Crippen molar-refractivity contribution in [2.24, 2.45) is 0 Å². The molecule has 2 unspecified atom stereocenters. The number of hydrogen-bond donors (Lipinski definition) is 1. The summed E-state index contributed by atoms with van der Waals surface area (Å²) in [5.41, 5.74) is 0.950. The minimum Gasteiger partial charge on any atom is -0.479 e. The van der Waals surface area contributed by atoms with Crippen LogP contribution in [0.4, 0.5) is 4.39 Å². The Balaban J connectivity index is 2.94. The largest absolute Gasteiger partial charge is 0.479 e. The van der Waals surface area contributed by atoms with Gasteiger partial charge in [0.1, 0.15) is 0 Å². The lowest BCUT2D eigenvalue weighted by Gasteiger charge is -2.13. The second-order valence-electron chi connectivity index (χ2n) is 3.06. The van der Waals surface area contributed by atoms with Crippen molar-refractivity contribution < 1.29 is 14.3 Å². The van der Waals surface area contributed by atoms with Gasteiger partial charge in [-0.15, -0.1) is 0 Å². The molecule has 14 heavy (non-hydrogen) atoms. The van der Waals surface area contributed by atoms with E-state index in [1.807, 2.05) is 0 Å². The summed E-state index contributed by atoms with van der Waals surface area (Å²) in [6.07, 6.45) is 0.970. The van der Waals surface area contributed by atoms with Crippen LogP contribution in [0.3, 0.4) is 0 Å². The predicted molar refractivity (Wildman–Crippen MR) is 47.7 cm³/mol. The van der Waals surface area contributed by atoms with Gasteiger partial charge in [0.15, 0.2) is 0 Å². The zero-order chi connectivity index (χ0) is 10.7. The highest BCUT2D eigenvalue weighted by atomic mass is 19.1. The Morgan fingerprint density at radius 1 is 1.50 bits per heavy atom. The first kappa shape index (κ1) is 10.6. The zero-order valence-electron chi connectivity index (χ0n) is 7.94. The molecule has 0 aromatic carbocycles. The van der Waals surface area contributed by atoms with Gasteiger partial charge >= 0.3 is 5.97 Å². The van der Waals surface area contributed by atoms with Gasteiger partial charge in [-0.1, -0.05) is 6.92 Å². The number of rotatable bonds is 3. The van der Waals surface area contributed by atoms with E-state index in [0.717, 1.165) is 0 Å². The molecule has 0 aliphatic rings. The third kappa shape index (κ3) is 2.04. The number of halogens is 1. The minimum absolute atomic E-state index is 0.391. The number of carboxylic acids is 1. The van der Waals surface area contributed by atoms with Crippen LogP contribution in [-0.2, 0) is 4.79 Å². The van der Waals surface area contributed by atoms with E-state index in [1.165, 1.54) is 19.3 Å². The second kappa shape index (κ2) is 4.13. The van der Waals surface area contributed by atoms with Gasteiger partial charge in [-0.3, -0.25) is 9.97 Å². The van der Waals surface area contributed by atoms with E-state index < -0.39 is 18.1 Å². The summed E-state index contributed by atoms with van der Waals surface area (Å²) >= 11 is 0. The van der Waals surface area contributed by atoms with Crippen LogP contribution >= 0.6 is 0 Å². The SMILES string of the molecule is Cc1nccnc1C(C)C(F)C(=O)O. The van der Waals surface area contributed by atoms with Gasteiger partial charge in [0.05, 0.1) is 11.4 Å². The van der Waals surface area contributed by atoms with E-state index in [1.54, 1.807) is 6.92 Å². The third-order valence-corrected chi connectivity index (χ3v) is 2.03. The molecule has 1 aromatic rings. The van der Waals surface area contributed by atoms with Crippen LogP contribution in [0.25, 0.3) is 0 Å². The van der Waals surface area contributed by atoms with E-state index >= 15 is 0 Å². The van der Waals surface area contributed by atoms with E-state index in [2.05, 4.69) is 9.97 Å². The summed E-state index contributed by atoms with van der Waals surface area (Å²) in [5.74, 6) is -2.25. The van der Waals surface area contributed by atoms with E-state index in [0.29, 0.717) is 11.4 Å².